The Labute approximate surface area is 191 Å². The SMILES string of the molecule is CC(C)(C)CC(C)(C)NS(=O)(=O)c1ccc(Nc2ccc(Cl)cc2Cl)cc1C(F)(F)F. The Morgan fingerprint density at radius 2 is 1.55 bits per heavy atom. The van der Waals surface area contributed by atoms with E-state index >= 15 is 0 Å². The van der Waals surface area contributed by atoms with Gasteiger partial charge in [-0.1, -0.05) is 44.0 Å². The van der Waals surface area contributed by atoms with Crippen LogP contribution in [0, 0.1) is 5.41 Å². The molecular formula is C21H25Cl2F3N2O2S. The number of sulfonamides is 1. The van der Waals surface area contributed by atoms with Crippen LogP contribution >= 0.6 is 23.2 Å². The average molecular weight is 497 g/mol. The van der Waals surface area contributed by atoms with Gasteiger partial charge in [-0.2, -0.15) is 13.2 Å². The van der Waals surface area contributed by atoms with Crippen molar-refractivity contribution in [1.29, 1.82) is 0 Å². The molecule has 31 heavy (non-hydrogen) atoms. The molecule has 2 aromatic rings. The molecule has 0 bridgehead atoms. The molecule has 2 rings (SSSR count). The Kier molecular flexibility index (Phi) is 7.32. The second-order valence-corrected chi connectivity index (χ2v) is 11.7. The van der Waals surface area contributed by atoms with Gasteiger partial charge in [0.25, 0.3) is 0 Å². The Hall–Kier alpha value is -1.48. The molecule has 172 valence electrons. The van der Waals surface area contributed by atoms with E-state index in [2.05, 4.69) is 10.0 Å². The molecule has 0 radical (unpaired) electrons. The molecule has 0 aliphatic heterocycles. The first-order valence-electron chi connectivity index (χ1n) is 9.37. The summed E-state index contributed by atoms with van der Waals surface area (Å²) in [6, 6.07) is 7.42. The smallest absolute Gasteiger partial charge is 0.354 e. The van der Waals surface area contributed by atoms with Crippen molar-refractivity contribution in [3.05, 3.63) is 52.0 Å². The molecule has 0 amide bonds. The Bertz CT molecular complexity index is 1060. The third kappa shape index (κ3) is 7.27. The maximum absolute atomic E-state index is 13.8. The number of benzene rings is 2. The summed E-state index contributed by atoms with van der Waals surface area (Å²) in [5, 5.41) is 3.35. The molecule has 0 spiro atoms. The summed E-state index contributed by atoms with van der Waals surface area (Å²) in [4.78, 5) is -0.838. The van der Waals surface area contributed by atoms with E-state index in [4.69, 9.17) is 23.2 Å². The van der Waals surface area contributed by atoms with Gasteiger partial charge in [-0.3, -0.25) is 0 Å². The van der Waals surface area contributed by atoms with Gasteiger partial charge < -0.3 is 5.32 Å². The van der Waals surface area contributed by atoms with Gasteiger partial charge in [0.2, 0.25) is 10.0 Å². The van der Waals surface area contributed by atoms with E-state index in [1.807, 2.05) is 20.8 Å². The van der Waals surface area contributed by atoms with Crippen LogP contribution in [0.25, 0.3) is 0 Å². The summed E-state index contributed by atoms with van der Waals surface area (Å²) in [7, 11) is -4.45. The number of hydrogen-bond donors (Lipinski definition) is 2. The molecule has 0 aromatic heterocycles. The topological polar surface area (TPSA) is 58.2 Å². The van der Waals surface area contributed by atoms with E-state index in [0.717, 1.165) is 12.1 Å². The van der Waals surface area contributed by atoms with Crippen LogP contribution in [0.3, 0.4) is 0 Å². The predicted molar refractivity (Wildman–Crippen MR) is 120 cm³/mol. The van der Waals surface area contributed by atoms with E-state index in [1.54, 1.807) is 13.8 Å². The van der Waals surface area contributed by atoms with Crippen molar-refractivity contribution in [2.75, 3.05) is 5.32 Å². The van der Waals surface area contributed by atoms with Crippen LogP contribution in [0.4, 0.5) is 24.5 Å². The van der Waals surface area contributed by atoms with E-state index in [1.165, 1.54) is 24.3 Å². The first-order valence-corrected chi connectivity index (χ1v) is 11.6. The second-order valence-electron chi connectivity index (χ2n) is 9.18. The monoisotopic (exact) mass is 496 g/mol. The van der Waals surface area contributed by atoms with Gasteiger partial charge in [0.05, 0.1) is 21.2 Å². The predicted octanol–water partition coefficient (Wildman–Crippen LogP) is 7.25. The molecule has 10 heteroatoms. The van der Waals surface area contributed by atoms with Crippen LogP contribution in [-0.2, 0) is 16.2 Å². The highest BCUT2D eigenvalue weighted by molar-refractivity contribution is 7.89. The lowest BCUT2D eigenvalue weighted by Crippen LogP contribution is -2.46. The van der Waals surface area contributed by atoms with Crippen molar-refractivity contribution >= 4 is 44.6 Å². The van der Waals surface area contributed by atoms with Crippen LogP contribution in [0.1, 0.15) is 46.6 Å². The highest BCUT2D eigenvalue weighted by Crippen LogP contribution is 2.38. The van der Waals surface area contributed by atoms with Gasteiger partial charge >= 0.3 is 6.18 Å². The van der Waals surface area contributed by atoms with Crippen molar-refractivity contribution < 1.29 is 21.6 Å². The highest BCUT2D eigenvalue weighted by atomic mass is 35.5. The van der Waals surface area contributed by atoms with Crippen molar-refractivity contribution in [2.24, 2.45) is 5.41 Å². The lowest BCUT2D eigenvalue weighted by atomic mass is 9.82. The minimum atomic E-state index is -4.89. The molecule has 0 fully saturated rings. The zero-order valence-corrected chi connectivity index (χ0v) is 20.1. The maximum atomic E-state index is 13.8. The molecule has 0 heterocycles. The number of nitrogens with one attached hydrogen (secondary N) is 2. The van der Waals surface area contributed by atoms with Crippen molar-refractivity contribution in [3.63, 3.8) is 0 Å². The molecule has 4 nitrogen and oxygen atoms in total. The number of hydrogen-bond acceptors (Lipinski definition) is 3. The van der Waals surface area contributed by atoms with Crippen molar-refractivity contribution in [2.45, 2.75) is 57.7 Å². The van der Waals surface area contributed by atoms with Crippen LogP contribution in [0.5, 0.6) is 0 Å². The number of rotatable bonds is 6. The Balaban J connectivity index is 2.46. The fraction of sp³-hybridized carbons (Fsp3) is 0.429. The largest absolute Gasteiger partial charge is 0.417 e. The summed E-state index contributed by atoms with van der Waals surface area (Å²) in [5.74, 6) is 0. The second kappa shape index (κ2) is 8.81. The molecule has 2 aromatic carbocycles. The zero-order chi connectivity index (χ0) is 23.8. The van der Waals surface area contributed by atoms with Crippen LogP contribution < -0.4 is 10.0 Å². The average Bonchev–Trinajstić information content (AvgIpc) is 2.53. The van der Waals surface area contributed by atoms with Gasteiger partial charge in [0.1, 0.15) is 0 Å². The van der Waals surface area contributed by atoms with E-state index < -0.39 is 32.2 Å². The van der Waals surface area contributed by atoms with Crippen LogP contribution in [0.15, 0.2) is 41.3 Å². The number of anilines is 2. The van der Waals surface area contributed by atoms with Gasteiger partial charge in [-0.15, -0.1) is 0 Å². The van der Waals surface area contributed by atoms with Crippen molar-refractivity contribution in [1.82, 2.24) is 4.72 Å². The van der Waals surface area contributed by atoms with Gasteiger partial charge in [0.15, 0.2) is 0 Å². The summed E-state index contributed by atoms with van der Waals surface area (Å²) in [5.41, 5.74) is -2.09. The normalized spacial score (nSPS) is 13.4. The van der Waals surface area contributed by atoms with Crippen LogP contribution in [-0.4, -0.2) is 14.0 Å². The minimum absolute atomic E-state index is 0.0319. The Morgan fingerprint density at radius 1 is 0.935 bits per heavy atom. The van der Waals surface area contributed by atoms with Crippen LogP contribution in [0.2, 0.25) is 10.0 Å². The third-order valence-electron chi connectivity index (χ3n) is 4.17. The lowest BCUT2D eigenvalue weighted by molar-refractivity contribution is -0.139. The van der Waals surface area contributed by atoms with Gasteiger partial charge in [-0.25, -0.2) is 13.1 Å². The van der Waals surface area contributed by atoms with Gasteiger partial charge in [-0.05, 0) is 62.1 Å². The third-order valence-corrected chi connectivity index (χ3v) is 6.47. The number of halogens is 5. The zero-order valence-electron chi connectivity index (χ0n) is 17.8. The van der Waals surface area contributed by atoms with Crippen molar-refractivity contribution in [3.8, 4) is 0 Å². The summed E-state index contributed by atoms with van der Waals surface area (Å²) in [6.45, 7) is 9.05. The standard InChI is InChI=1S/C21H25Cl2F3N2O2S/c1-19(2,3)12-20(4,5)28-31(29,30)18-9-7-14(11-15(18)21(24,25)26)27-17-8-6-13(22)10-16(17)23/h6-11,27-28H,12H2,1-5H3. The fourth-order valence-electron chi connectivity index (χ4n) is 3.59. The lowest BCUT2D eigenvalue weighted by Gasteiger charge is -2.33. The molecule has 0 saturated heterocycles. The molecule has 0 saturated carbocycles. The molecule has 0 unspecified atom stereocenters. The quantitative estimate of drug-likeness (QED) is 0.442. The molecular weight excluding hydrogens is 472 g/mol. The summed E-state index contributed by atoms with van der Waals surface area (Å²) < 4.78 is 69.5. The van der Waals surface area contributed by atoms with Gasteiger partial charge in [0, 0.05) is 16.2 Å². The first-order chi connectivity index (χ1) is 13.9. The van der Waals surface area contributed by atoms with E-state index in [0.29, 0.717) is 17.1 Å². The highest BCUT2D eigenvalue weighted by Gasteiger charge is 2.39. The van der Waals surface area contributed by atoms with E-state index in [9.17, 15) is 21.6 Å². The Morgan fingerprint density at radius 3 is 2.06 bits per heavy atom. The molecule has 0 atom stereocenters. The fourth-order valence-corrected chi connectivity index (χ4v) is 5.67. The molecule has 2 N–H and O–H groups in total. The maximum Gasteiger partial charge on any atom is 0.417 e. The molecule has 0 aliphatic rings. The van der Waals surface area contributed by atoms with E-state index in [-0.39, 0.29) is 16.1 Å². The summed E-state index contributed by atoms with van der Waals surface area (Å²) >= 11 is 11.9. The molecule has 0 aliphatic carbocycles. The minimum Gasteiger partial charge on any atom is -0.354 e. The summed E-state index contributed by atoms with van der Waals surface area (Å²) in [6.07, 6.45) is -4.46. The number of alkyl halides is 3. The first kappa shape index (κ1) is 25.8.